The van der Waals surface area contributed by atoms with Gasteiger partial charge < -0.3 is 24.1 Å². The maximum Gasteiger partial charge on any atom is 0.229 e. The predicted octanol–water partition coefficient (Wildman–Crippen LogP) is 6.38. The van der Waals surface area contributed by atoms with Crippen molar-refractivity contribution in [3.05, 3.63) is 91.0 Å². The summed E-state index contributed by atoms with van der Waals surface area (Å²) in [5, 5.41) is 4.98. The minimum atomic E-state index is -0.450. The van der Waals surface area contributed by atoms with E-state index in [1.165, 1.54) is 0 Å². The van der Waals surface area contributed by atoms with E-state index < -0.39 is 5.92 Å². The number of fused-ring (bicyclic) bond motifs is 3. The number of furan rings is 1. The molecule has 37 heavy (non-hydrogen) atoms. The van der Waals surface area contributed by atoms with Crippen molar-refractivity contribution in [3.8, 4) is 17.2 Å². The summed E-state index contributed by atoms with van der Waals surface area (Å²) < 4.78 is 17.0. The number of rotatable bonds is 6. The monoisotopic (exact) mass is 492 g/mol. The summed E-state index contributed by atoms with van der Waals surface area (Å²) in [6.07, 6.45) is 0.156. The number of anilines is 2. The number of nitrogens with one attached hydrogen (secondary N) is 1. The Labute approximate surface area is 213 Å². The zero-order valence-electron chi connectivity index (χ0n) is 20.1. The third kappa shape index (κ3) is 4.47. The van der Waals surface area contributed by atoms with Crippen LogP contribution in [0.15, 0.2) is 95.4 Å². The highest BCUT2D eigenvalue weighted by atomic mass is 16.5. The van der Waals surface area contributed by atoms with Crippen molar-refractivity contribution >= 4 is 45.1 Å². The molecule has 184 valence electrons. The molecule has 2 heterocycles. The van der Waals surface area contributed by atoms with Gasteiger partial charge in [-0.2, -0.15) is 0 Å². The first-order valence-corrected chi connectivity index (χ1v) is 12.0. The van der Waals surface area contributed by atoms with Gasteiger partial charge in [0, 0.05) is 41.2 Å². The van der Waals surface area contributed by atoms with Crippen LogP contribution in [0.3, 0.4) is 0 Å². The van der Waals surface area contributed by atoms with E-state index in [-0.39, 0.29) is 18.2 Å². The highest BCUT2D eigenvalue weighted by Gasteiger charge is 2.35. The zero-order valence-corrected chi connectivity index (χ0v) is 20.1. The molecule has 1 aliphatic rings. The average molecular weight is 493 g/mol. The first-order valence-electron chi connectivity index (χ1n) is 12.0. The molecule has 0 radical (unpaired) electrons. The Kier molecular flexibility index (Phi) is 5.73. The van der Waals surface area contributed by atoms with Crippen molar-refractivity contribution in [2.45, 2.75) is 6.42 Å². The molecule has 6 rings (SSSR count). The number of methoxy groups -OCH3 is 1. The van der Waals surface area contributed by atoms with Gasteiger partial charge in [-0.1, -0.05) is 18.2 Å². The largest absolute Gasteiger partial charge is 0.497 e. The topological polar surface area (TPSA) is 81.0 Å². The Balaban J connectivity index is 1.11. The lowest BCUT2D eigenvalue weighted by atomic mass is 10.1. The Morgan fingerprint density at radius 3 is 2.30 bits per heavy atom. The maximum atomic E-state index is 13.0. The van der Waals surface area contributed by atoms with Gasteiger partial charge in [0.15, 0.2) is 0 Å². The molecule has 7 heteroatoms. The van der Waals surface area contributed by atoms with Crippen molar-refractivity contribution in [1.29, 1.82) is 0 Å². The second-order valence-electron chi connectivity index (χ2n) is 8.98. The van der Waals surface area contributed by atoms with Crippen LogP contribution in [0.5, 0.6) is 17.2 Å². The first kappa shape index (κ1) is 22.7. The number of hydrogen-bond donors (Lipinski definition) is 1. The van der Waals surface area contributed by atoms with Crippen molar-refractivity contribution in [2.24, 2.45) is 5.92 Å². The average Bonchev–Trinajstić information content (AvgIpc) is 3.49. The second-order valence-corrected chi connectivity index (χ2v) is 8.98. The molecule has 5 aromatic rings. The SMILES string of the molecule is COc1ccc(Oc2ccc(N3C[C@@H](C(=O)Nc4ccc5c(c4)oc4ccccc45)CC3=O)cc2)cc1. The molecule has 1 N–H and O–H groups in total. The van der Waals surface area contributed by atoms with Crippen LogP contribution in [0.25, 0.3) is 21.9 Å². The maximum absolute atomic E-state index is 13.0. The minimum Gasteiger partial charge on any atom is -0.497 e. The van der Waals surface area contributed by atoms with Crippen LogP contribution in [-0.2, 0) is 9.59 Å². The summed E-state index contributed by atoms with van der Waals surface area (Å²) in [6.45, 7) is 0.316. The van der Waals surface area contributed by atoms with E-state index in [0.29, 0.717) is 29.3 Å². The number of benzene rings is 4. The molecular formula is C30H24N2O5. The van der Waals surface area contributed by atoms with Crippen LogP contribution in [0.2, 0.25) is 0 Å². The Bertz CT molecular complexity index is 1610. The quantitative estimate of drug-likeness (QED) is 0.298. The molecule has 4 aromatic carbocycles. The summed E-state index contributed by atoms with van der Waals surface area (Å²) in [5.41, 5.74) is 2.88. The van der Waals surface area contributed by atoms with E-state index in [4.69, 9.17) is 13.9 Å². The van der Waals surface area contributed by atoms with Crippen LogP contribution in [-0.4, -0.2) is 25.5 Å². The van der Waals surface area contributed by atoms with E-state index in [1.807, 2.05) is 91.0 Å². The van der Waals surface area contributed by atoms with Gasteiger partial charge in [-0.3, -0.25) is 9.59 Å². The fourth-order valence-corrected chi connectivity index (χ4v) is 4.65. The van der Waals surface area contributed by atoms with Gasteiger partial charge in [0.05, 0.1) is 13.0 Å². The lowest BCUT2D eigenvalue weighted by Gasteiger charge is -2.17. The molecule has 1 saturated heterocycles. The fourth-order valence-electron chi connectivity index (χ4n) is 4.65. The standard InChI is InChI=1S/C30H24N2O5/c1-35-22-11-13-24(14-12-22)36-23-9-7-21(8-10-23)32-18-19(16-29(32)33)30(34)31-20-6-15-26-25-4-2-3-5-27(25)37-28(26)17-20/h2-15,17,19H,16,18H2,1H3,(H,31,34)/t19-/m0/s1. The van der Waals surface area contributed by atoms with Gasteiger partial charge >= 0.3 is 0 Å². The van der Waals surface area contributed by atoms with Crippen LogP contribution in [0.4, 0.5) is 11.4 Å². The Morgan fingerprint density at radius 1 is 0.865 bits per heavy atom. The molecule has 1 aromatic heterocycles. The van der Waals surface area contributed by atoms with Gasteiger partial charge in [0.1, 0.15) is 28.4 Å². The van der Waals surface area contributed by atoms with Crippen molar-refractivity contribution < 1.29 is 23.5 Å². The Morgan fingerprint density at radius 2 is 1.54 bits per heavy atom. The summed E-state index contributed by atoms with van der Waals surface area (Å²) in [5.74, 6) is 1.36. The molecule has 1 aliphatic heterocycles. The van der Waals surface area contributed by atoms with Crippen LogP contribution < -0.4 is 19.7 Å². The van der Waals surface area contributed by atoms with Gasteiger partial charge in [-0.05, 0) is 66.7 Å². The molecular weight excluding hydrogens is 468 g/mol. The zero-order chi connectivity index (χ0) is 25.4. The molecule has 0 bridgehead atoms. The molecule has 0 unspecified atom stereocenters. The van der Waals surface area contributed by atoms with Gasteiger partial charge in [-0.15, -0.1) is 0 Å². The van der Waals surface area contributed by atoms with Crippen LogP contribution in [0, 0.1) is 5.92 Å². The van der Waals surface area contributed by atoms with Gasteiger partial charge in [0.25, 0.3) is 0 Å². The molecule has 0 saturated carbocycles. The molecule has 0 spiro atoms. The second kappa shape index (κ2) is 9.35. The molecule has 1 fully saturated rings. The van der Waals surface area contributed by atoms with Crippen molar-refractivity contribution in [3.63, 3.8) is 0 Å². The molecule has 0 aliphatic carbocycles. The summed E-state index contributed by atoms with van der Waals surface area (Å²) in [7, 11) is 1.61. The number of carbonyl (C=O) groups excluding carboxylic acids is 2. The number of ether oxygens (including phenoxy) is 2. The molecule has 1 atom stereocenters. The lowest BCUT2D eigenvalue weighted by molar-refractivity contribution is -0.122. The van der Waals surface area contributed by atoms with E-state index >= 15 is 0 Å². The van der Waals surface area contributed by atoms with Gasteiger partial charge in [-0.25, -0.2) is 0 Å². The summed E-state index contributed by atoms with van der Waals surface area (Å²) in [4.78, 5) is 27.4. The van der Waals surface area contributed by atoms with Crippen molar-refractivity contribution in [1.82, 2.24) is 0 Å². The van der Waals surface area contributed by atoms with E-state index in [0.717, 1.165) is 27.8 Å². The third-order valence-electron chi connectivity index (χ3n) is 6.59. The highest BCUT2D eigenvalue weighted by Crippen LogP contribution is 2.32. The fraction of sp³-hybridized carbons (Fsp3) is 0.133. The van der Waals surface area contributed by atoms with Crippen LogP contribution in [0.1, 0.15) is 6.42 Å². The predicted molar refractivity (Wildman–Crippen MR) is 142 cm³/mol. The summed E-state index contributed by atoms with van der Waals surface area (Å²) >= 11 is 0. The Hall–Kier alpha value is -4.78. The van der Waals surface area contributed by atoms with E-state index in [1.54, 1.807) is 12.0 Å². The van der Waals surface area contributed by atoms with Crippen molar-refractivity contribution in [2.75, 3.05) is 23.9 Å². The number of carbonyl (C=O) groups is 2. The van der Waals surface area contributed by atoms with E-state index in [9.17, 15) is 9.59 Å². The molecule has 7 nitrogen and oxygen atoms in total. The number of hydrogen-bond acceptors (Lipinski definition) is 5. The smallest absolute Gasteiger partial charge is 0.229 e. The third-order valence-corrected chi connectivity index (χ3v) is 6.59. The molecule has 2 amide bonds. The summed E-state index contributed by atoms with van der Waals surface area (Å²) in [6, 6.07) is 28.0. The number of amides is 2. The number of para-hydroxylation sites is 1. The van der Waals surface area contributed by atoms with E-state index in [2.05, 4.69) is 5.32 Å². The van der Waals surface area contributed by atoms with Crippen LogP contribution >= 0.6 is 0 Å². The number of nitrogens with zero attached hydrogens (tertiary/aromatic N) is 1. The van der Waals surface area contributed by atoms with Gasteiger partial charge in [0.2, 0.25) is 11.8 Å². The normalized spacial score (nSPS) is 15.3. The lowest BCUT2D eigenvalue weighted by Crippen LogP contribution is -2.28. The first-order chi connectivity index (χ1) is 18.1. The minimum absolute atomic E-state index is 0.0864. The highest BCUT2D eigenvalue weighted by molar-refractivity contribution is 6.07.